The van der Waals surface area contributed by atoms with E-state index in [4.69, 9.17) is 0 Å². The van der Waals surface area contributed by atoms with E-state index in [0.29, 0.717) is 21.1 Å². The molecule has 1 aromatic rings. The Kier molecular flexibility index (Phi) is 7.17. The number of rotatable bonds is 7. The lowest BCUT2D eigenvalue weighted by Crippen LogP contribution is -2.65. The molecule has 3 heteroatoms. The molecule has 53 heavy (non-hydrogen) atoms. The molecule has 0 nitrogen and oxygen atoms in total. The highest BCUT2D eigenvalue weighted by Gasteiger charge is 2.71. The lowest BCUT2D eigenvalue weighted by molar-refractivity contribution is -0.158. The predicted molar refractivity (Wildman–Crippen MR) is 230 cm³/mol. The lowest BCUT2D eigenvalue weighted by atomic mass is 9.37. The maximum Gasteiger partial charge on any atom is 0.0776 e. The molecule has 1 aromatic carbocycles. The summed E-state index contributed by atoms with van der Waals surface area (Å²) < 4.78 is 0. The third-order valence-electron chi connectivity index (χ3n) is 21.2. The Hall–Kier alpha value is 0.297. The maximum atomic E-state index is 4.14. The van der Waals surface area contributed by atoms with Crippen LogP contribution < -0.4 is 10.5 Å². The van der Waals surface area contributed by atoms with Crippen LogP contribution in [0.15, 0.2) is 18.2 Å². The highest BCUT2D eigenvalue weighted by molar-refractivity contribution is 7.69. The number of hydrogen-bond donors (Lipinski definition) is 0. The van der Waals surface area contributed by atoms with Gasteiger partial charge in [0.25, 0.3) is 0 Å². The van der Waals surface area contributed by atoms with Crippen molar-refractivity contribution in [2.75, 3.05) is 0 Å². The highest BCUT2D eigenvalue weighted by atomic mass is 31.1. The monoisotopic (exact) mass is 765 g/mol. The lowest BCUT2D eigenvalue weighted by Gasteiger charge is -2.73. The fraction of sp³-hybridized carbons (Fsp3) is 0.880. The molecule has 0 saturated heterocycles. The van der Waals surface area contributed by atoms with Crippen molar-refractivity contribution in [2.45, 2.75) is 189 Å². The minimum atomic E-state index is -1.51. The molecular formula is C50H74P2Si. The Morgan fingerprint density at radius 1 is 0.472 bits per heavy atom. The summed E-state index contributed by atoms with van der Waals surface area (Å²) in [5.41, 5.74) is 3.10. The summed E-state index contributed by atoms with van der Waals surface area (Å²) in [5.74, 6) is 12.6. The third kappa shape index (κ3) is 4.73. The van der Waals surface area contributed by atoms with Crippen molar-refractivity contribution in [1.82, 2.24) is 0 Å². The highest BCUT2D eigenvalue weighted by Crippen LogP contribution is 2.82. The zero-order chi connectivity index (χ0) is 35.3. The largest absolute Gasteiger partial charge is 0.125 e. The molecule has 0 N–H and O–H groups in total. The predicted octanol–water partition coefficient (Wildman–Crippen LogP) is 12.8. The average Bonchev–Trinajstić information content (AvgIpc) is 3.05. The topological polar surface area (TPSA) is 0 Å². The van der Waals surface area contributed by atoms with Crippen LogP contribution in [-0.2, 0) is 5.16 Å². The van der Waals surface area contributed by atoms with E-state index in [1.165, 1.54) is 0 Å². The van der Waals surface area contributed by atoms with E-state index < -0.39 is 8.07 Å². The van der Waals surface area contributed by atoms with E-state index in [-0.39, 0.29) is 13.1 Å². The van der Waals surface area contributed by atoms with Crippen molar-refractivity contribution in [3.8, 4) is 0 Å². The molecule has 288 valence electrons. The van der Waals surface area contributed by atoms with Gasteiger partial charge in [0, 0.05) is 5.16 Å². The molecule has 1 unspecified atom stereocenters. The second-order valence-corrected chi connectivity index (χ2v) is 34.8. The summed E-state index contributed by atoms with van der Waals surface area (Å²) >= 11 is 0. The van der Waals surface area contributed by atoms with Crippen molar-refractivity contribution >= 4 is 35.7 Å². The van der Waals surface area contributed by atoms with Crippen molar-refractivity contribution in [2.24, 2.45) is 81.8 Å². The Labute approximate surface area is 329 Å². The molecular weight excluding hydrogens is 691 g/mol. The molecule has 0 aromatic heterocycles. The van der Waals surface area contributed by atoms with Crippen LogP contribution in [0.1, 0.15) is 160 Å². The van der Waals surface area contributed by atoms with E-state index in [1.807, 2.05) is 10.8 Å². The van der Waals surface area contributed by atoms with Crippen molar-refractivity contribution in [3.63, 3.8) is 0 Å². The van der Waals surface area contributed by atoms with Gasteiger partial charge in [-0.3, -0.25) is 0 Å². The molecule has 1 atom stereocenters. The van der Waals surface area contributed by atoms with Crippen molar-refractivity contribution in [3.05, 3.63) is 23.8 Å². The maximum absolute atomic E-state index is 4.14. The normalized spacial score (nSPS) is 55.2. The van der Waals surface area contributed by atoms with Crippen LogP contribution in [0.2, 0.25) is 19.6 Å². The van der Waals surface area contributed by atoms with Crippen LogP contribution in [0.3, 0.4) is 0 Å². The number of benzene rings is 1. The first-order valence-electron chi connectivity index (χ1n) is 24.1. The summed E-state index contributed by atoms with van der Waals surface area (Å²) in [6.07, 6.45) is 38.6. The molecule has 0 aliphatic heterocycles. The summed E-state index contributed by atoms with van der Waals surface area (Å²) in [7, 11) is 2.40. The van der Waals surface area contributed by atoms with Gasteiger partial charge in [0.2, 0.25) is 0 Å². The quantitative estimate of drug-likeness (QED) is 0.192. The van der Waals surface area contributed by atoms with Gasteiger partial charge in [0.05, 0.1) is 8.07 Å². The van der Waals surface area contributed by atoms with E-state index in [9.17, 15) is 0 Å². The molecule has 0 spiro atoms. The summed E-state index contributed by atoms with van der Waals surface area (Å²) in [6.45, 7) is 8.11. The first-order valence-corrected chi connectivity index (χ1v) is 29.6. The van der Waals surface area contributed by atoms with Crippen LogP contribution >= 0.6 is 17.2 Å². The van der Waals surface area contributed by atoms with Gasteiger partial charge in [-0.25, -0.2) is 0 Å². The van der Waals surface area contributed by atoms with Gasteiger partial charge in [-0.15, -0.1) is 9.24 Å². The standard InChI is InChI=1S/C50H74P2Si/c1-53(2,3)43-4-5-44(50(51,46-19-31-6-32(20-46)8-33(7-31)21-46)47-22-34-9-35(23-47)11-36(10-34)24-47)45(18-43)52(48-25-37-12-38(26-48)14-39(13-37)27-48)49-28-40-15-41(29-49)17-42(16-40)30-49/h4-5,18,31-42H,6-17,19-30,51H2,1-3H3. The van der Waals surface area contributed by atoms with Gasteiger partial charge in [-0.1, -0.05) is 50.9 Å². The van der Waals surface area contributed by atoms with Gasteiger partial charge in [-0.05, 0) is 257 Å². The molecule has 0 heterocycles. The summed E-state index contributed by atoms with van der Waals surface area (Å²) in [6, 6.07) is 8.99. The molecule has 16 bridgehead atoms. The Bertz CT molecular complexity index is 1470. The Morgan fingerprint density at radius 2 is 0.755 bits per heavy atom. The molecule has 17 rings (SSSR count). The molecule has 16 saturated carbocycles. The van der Waals surface area contributed by atoms with Crippen molar-refractivity contribution in [1.29, 1.82) is 0 Å². The minimum Gasteiger partial charge on any atom is -0.125 e. The van der Waals surface area contributed by atoms with Crippen LogP contribution in [0.5, 0.6) is 0 Å². The average molecular weight is 765 g/mol. The fourth-order valence-electron chi connectivity index (χ4n) is 21.5. The van der Waals surface area contributed by atoms with Crippen LogP contribution in [0.4, 0.5) is 0 Å². The fourth-order valence-corrected chi connectivity index (χ4v) is 29.3. The van der Waals surface area contributed by atoms with Crippen LogP contribution in [0, 0.1) is 81.8 Å². The molecule has 0 radical (unpaired) electrons. The second-order valence-electron chi connectivity index (χ2n) is 25.8. The van der Waals surface area contributed by atoms with Crippen LogP contribution in [0.25, 0.3) is 0 Å². The van der Waals surface area contributed by atoms with E-state index in [2.05, 4.69) is 52.4 Å². The Balaban J connectivity index is 1.08. The minimum absolute atomic E-state index is 0.226. The van der Waals surface area contributed by atoms with Gasteiger partial charge >= 0.3 is 0 Å². The third-order valence-corrected chi connectivity index (χ3v) is 28.7. The molecule has 16 fully saturated rings. The van der Waals surface area contributed by atoms with E-state index in [0.717, 1.165) is 71.0 Å². The van der Waals surface area contributed by atoms with Gasteiger partial charge in [-0.2, -0.15) is 0 Å². The zero-order valence-corrected chi connectivity index (χ0v) is 37.2. The molecule has 16 aliphatic carbocycles. The number of hydrogen-bond acceptors (Lipinski definition) is 0. The van der Waals surface area contributed by atoms with Crippen molar-refractivity contribution < 1.29 is 0 Å². The first kappa shape index (κ1) is 34.2. The first-order chi connectivity index (χ1) is 25.4. The molecule has 0 amide bonds. The zero-order valence-electron chi connectivity index (χ0n) is 34.2. The molecule has 16 aliphatic rings. The van der Waals surface area contributed by atoms with Gasteiger partial charge < -0.3 is 0 Å². The van der Waals surface area contributed by atoms with Crippen LogP contribution in [-0.4, -0.2) is 18.4 Å². The SMILES string of the molecule is C[Si](C)(C)c1ccc(C(P)(C23CC4CC(CC(C4)C2)C3)C23CC4CC(CC(C4)C2)C3)c(P(C23CC4CC(CC(C4)C2)C3)C23CC4CC(CC(C4)C2)C3)c1. The smallest absolute Gasteiger partial charge is 0.0776 e. The van der Waals surface area contributed by atoms with E-state index >= 15 is 0 Å². The summed E-state index contributed by atoms with van der Waals surface area (Å²) in [4.78, 5) is 0. The summed E-state index contributed by atoms with van der Waals surface area (Å²) in [5, 5.41) is 5.55. The second kappa shape index (κ2) is 11.1. The van der Waals surface area contributed by atoms with Gasteiger partial charge in [0.15, 0.2) is 0 Å². The Morgan fingerprint density at radius 3 is 1.04 bits per heavy atom. The van der Waals surface area contributed by atoms with Gasteiger partial charge in [0.1, 0.15) is 0 Å². The van der Waals surface area contributed by atoms with E-state index in [1.54, 1.807) is 154 Å².